The Morgan fingerprint density at radius 2 is 2.11 bits per heavy atom. The van der Waals surface area contributed by atoms with Crippen molar-refractivity contribution in [3.63, 3.8) is 0 Å². The van der Waals surface area contributed by atoms with Gasteiger partial charge in [-0.1, -0.05) is 19.8 Å². The van der Waals surface area contributed by atoms with Crippen LogP contribution in [0.2, 0.25) is 5.28 Å². The lowest BCUT2D eigenvalue weighted by Crippen LogP contribution is -2.34. The first-order valence-electron chi connectivity index (χ1n) is 7.01. The predicted octanol–water partition coefficient (Wildman–Crippen LogP) is 3.08. The molecule has 1 atom stereocenters. The molecule has 5 nitrogen and oxygen atoms in total. The van der Waals surface area contributed by atoms with Crippen LogP contribution in [-0.4, -0.2) is 34.1 Å². The number of hydrogen-bond acceptors (Lipinski definition) is 5. The smallest absolute Gasteiger partial charge is 0.322 e. The Kier molecular flexibility index (Phi) is 5.19. The van der Waals surface area contributed by atoms with E-state index in [-0.39, 0.29) is 5.28 Å². The monoisotopic (exact) mass is 284 g/mol. The summed E-state index contributed by atoms with van der Waals surface area (Å²) in [5, 5.41) is 0.201. The first-order chi connectivity index (χ1) is 9.20. The van der Waals surface area contributed by atoms with Crippen molar-refractivity contribution in [3.05, 3.63) is 5.28 Å². The third-order valence-corrected chi connectivity index (χ3v) is 3.49. The Balaban J connectivity index is 2.19. The number of ether oxygens (including phenoxy) is 1. The highest BCUT2D eigenvalue weighted by Crippen LogP contribution is 2.23. The van der Waals surface area contributed by atoms with Crippen molar-refractivity contribution in [1.29, 1.82) is 0 Å². The molecule has 1 fully saturated rings. The fraction of sp³-hybridized carbons (Fsp3) is 0.769. The van der Waals surface area contributed by atoms with E-state index in [0.717, 1.165) is 19.4 Å². The molecule has 0 amide bonds. The Labute approximate surface area is 119 Å². The Morgan fingerprint density at radius 1 is 1.26 bits per heavy atom. The second-order valence-corrected chi connectivity index (χ2v) is 5.27. The van der Waals surface area contributed by atoms with Crippen LogP contribution < -0.4 is 9.64 Å². The molecule has 0 N–H and O–H groups in total. The molecule has 1 aliphatic heterocycles. The Bertz CT molecular complexity index is 416. The fourth-order valence-electron chi connectivity index (χ4n) is 2.28. The number of rotatable bonds is 4. The third-order valence-electron chi connectivity index (χ3n) is 3.32. The van der Waals surface area contributed by atoms with Gasteiger partial charge in [0.2, 0.25) is 11.2 Å². The lowest BCUT2D eigenvalue weighted by molar-refractivity contribution is 0.291. The topological polar surface area (TPSA) is 51.1 Å². The second kappa shape index (κ2) is 6.89. The van der Waals surface area contributed by atoms with Gasteiger partial charge in [0.25, 0.3) is 0 Å². The van der Waals surface area contributed by atoms with Gasteiger partial charge in [0.05, 0.1) is 6.61 Å². The minimum absolute atomic E-state index is 0.201. The van der Waals surface area contributed by atoms with E-state index in [4.69, 9.17) is 16.3 Å². The van der Waals surface area contributed by atoms with E-state index in [1.807, 2.05) is 6.92 Å². The van der Waals surface area contributed by atoms with Gasteiger partial charge in [-0.2, -0.15) is 15.0 Å². The molecule has 1 aromatic heterocycles. The van der Waals surface area contributed by atoms with Crippen molar-refractivity contribution >= 4 is 17.5 Å². The molecule has 19 heavy (non-hydrogen) atoms. The molecule has 0 aliphatic carbocycles. The van der Waals surface area contributed by atoms with Crippen molar-refractivity contribution in [2.24, 2.45) is 0 Å². The first-order valence-corrected chi connectivity index (χ1v) is 7.39. The van der Waals surface area contributed by atoms with E-state index >= 15 is 0 Å². The molecule has 0 spiro atoms. The molecule has 1 saturated heterocycles. The summed E-state index contributed by atoms with van der Waals surface area (Å²) in [6, 6.07) is 0.758. The van der Waals surface area contributed by atoms with Gasteiger partial charge in [-0.25, -0.2) is 0 Å². The summed E-state index contributed by atoms with van der Waals surface area (Å²) in [6.07, 6.45) is 5.76. The number of nitrogens with zero attached hydrogens (tertiary/aromatic N) is 4. The zero-order valence-electron chi connectivity index (χ0n) is 11.6. The zero-order chi connectivity index (χ0) is 13.7. The standard InChI is InChI=1S/C13H21ClN4O/c1-3-9-19-13-16-11(14)15-12(17-13)18-8-6-4-5-7-10(18)2/h10H,3-9H2,1-2H3. The average molecular weight is 285 g/mol. The van der Waals surface area contributed by atoms with Crippen molar-refractivity contribution < 1.29 is 4.74 Å². The Hall–Kier alpha value is -1.10. The molecule has 0 saturated carbocycles. The van der Waals surface area contributed by atoms with Crippen molar-refractivity contribution in [3.8, 4) is 6.01 Å². The van der Waals surface area contributed by atoms with Gasteiger partial charge in [0.15, 0.2) is 0 Å². The van der Waals surface area contributed by atoms with Gasteiger partial charge in [0, 0.05) is 12.6 Å². The van der Waals surface area contributed by atoms with Crippen molar-refractivity contribution in [2.75, 3.05) is 18.1 Å². The minimum atomic E-state index is 0.201. The molecule has 106 valence electrons. The highest BCUT2D eigenvalue weighted by atomic mass is 35.5. The second-order valence-electron chi connectivity index (χ2n) is 4.93. The summed E-state index contributed by atoms with van der Waals surface area (Å²) < 4.78 is 5.46. The largest absolute Gasteiger partial charge is 0.463 e. The van der Waals surface area contributed by atoms with E-state index < -0.39 is 0 Å². The third kappa shape index (κ3) is 3.93. The summed E-state index contributed by atoms with van der Waals surface area (Å²) in [5.74, 6) is 0.639. The molecule has 1 aromatic rings. The highest BCUT2D eigenvalue weighted by molar-refractivity contribution is 6.28. The minimum Gasteiger partial charge on any atom is -0.463 e. The van der Waals surface area contributed by atoms with Crippen LogP contribution in [0.5, 0.6) is 6.01 Å². The quantitative estimate of drug-likeness (QED) is 0.850. The van der Waals surface area contributed by atoms with Crippen LogP contribution in [-0.2, 0) is 0 Å². The summed E-state index contributed by atoms with van der Waals surface area (Å²) >= 11 is 5.97. The van der Waals surface area contributed by atoms with Crippen molar-refractivity contribution in [2.45, 2.75) is 52.0 Å². The molecule has 1 aliphatic rings. The van der Waals surface area contributed by atoms with Gasteiger partial charge in [-0.05, 0) is 37.8 Å². The molecule has 2 heterocycles. The van der Waals surface area contributed by atoms with Crippen LogP contribution in [0.3, 0.4) is 0 Å². The lowest BCUT2D eigenvalue weighted by atomic mass is 10.1. The lowest BCUT2D eigenvalue weighted by Gasteiger charge is -2.27. The van der Waals surface area contributed by atoms with Gasteiger partial charge in [-0.15, -0.1) is 0 Å². The zero-order valence-corrected chi connectivity index (χ0v) is 12.4. The highest BCUT2D eigenvalue weighted by Gasteiger charge is 2.21. The van der Waals surface area contributed by atoms with Crippen LogP contribution in [0.25, 0.3) is 0 Å². The van der Waals surface area contributed by atoms with Crippen LogP contribution in [0, 0.1) is 0 Å². The maximum atomic E-state index is 5.97. The Morgan fingerprint density at radius 3 is 2.89 bits per heavy atom. The van der Waals surface area contributed by atoms with Crippen molar-refractivity contribution in [1.82, 2.24) is 15.0 Å². The van der Waals surface area contributed by atoms with Gasteiger partial charge >= 0.3 is 6.01 Å². The van der Waals surface area contributed by atoms with E-state index in [1.165, 1.54) is 19.3 Å². The summed E-state index contributed by atoms with van der Waals surface area (Å²) in [6.45, 7) is 5.81. The normalized spacial score (nSPS) is 20.2. The molecule has 0 bridgehead atoms. The maximum Gasteiger partial charge on any atom is 0.322 e. The van der Waals surface area contributed by atoms with E-state index in [9.17, 15) is 0 Å². The molecule has 1 unspecified atom stereocenters. The van der Waals surface area contributed by atoms with Crippen LogP contribution in [0.4, 0.5) is 5.95 Å². The SMILES string of the molecule is CCCOc1nc(Cl)nc(N2CCCCCC2C)n1. The fourth-order valence-corrected chi connectivity index (χ4v) is 2.43. The summed E-state index contributed by atoms with van der Waals surface area (Å²) in [7, 11) is 0. The molecule has 6 heteroatoms. The molecular formula is C13H21ClN4O. The van der Waals surface area contributed by atoms with E-state index in [2.05, 4.69) is 26.8 Å². The number of anilines is 1. The molecule has 2 rings (SSSR count). The molecule has 0 aromatic carbocycles. The van der Waals surface area contributed by atoms with E-state index in [1.54, 1.807) is 0 Å². The number of halogens is 1. The van der Waals surface area contributed by atoms with Gasteiger partial charge < -0.3 is 9.64 Å². The molecule has 0 radical (unpaired) electrons. The van der Waals surface area contributed by atoms with Gasteiger partial charge in [0.1, 0.15) is 0 Å². The van der Waals surface area contributed by atoms with Crippen LogP contribution in [0.15, 0.2) is 0 Å². The number of aromatic nitrogens is 3. The summed E-state index contributed by atoms with van der Waals surface area (Å²) in [4.78, 5) is 14.8. The van der Waals surface area contributed by atoms with Crippen LogP contribution >= 0.6 is 11.6 Å². The average Bonchev–Trinajstić information content (AvgIpc) is 2.60. The van der Waals surface area contributed by atoms with Crippen LogP contribution in [0.1, 0.15) is 46.0 Å². The number of hydrogen-bond donors (Lipinski definition) is 0. The predicted molar refractivity (Wildman–Crippen MR) is 75.9 cm³/mol. The van der Waals surface area contributed by atoms with Gasteiger partial charge in [-0.3, -0.25) is 0 Å². The maximum absolute atomic E-state index is 5.97. The van der Waals surface area contributed by atoms with E-state index in [0.29, 0.717) is 24.6 Å². The first kappa shape index (κ1) is 14.3. The summed E-state index contributed by atoms with van der Waals surface area (Å²) in [5.41, 5.74) is 0. The molecular weight excluding hydrogens is 264 g/mol.